The molecule has 0 N–H and O–H groups in total. The van der Waals surface area contributed by atoms with E-state index in [0.29, 0.717) is 112 Å². The number of hydrogen-bond donors (Lipinski definition) is 0. The van der Waals surface area contributed by atoms with Crippen LogP contribution in [0.2, 0.25) is 0 Å². The minimum Gasteiger partial charge on any atom is -0.444 e. The van der Waals surface area contributed by atoms with Gasteiger partial charge in [-0.2, -0.15) is 0 Å². The normalized spacial score (nSPS) is 11.6. The molecule has 0 unspecified atom stereocenters. The molecule has 0 aliphatic carbocycles. The number of ether oxygens (including phenoxy) is 9. The van der Waals surface area contributed by atoms with Gasteiger partial charge in [0.1, 0.15) is 5.60 Å². The Labute approximate surface area is 217 Å². The quantitative estimate of drug-likeness (QED) is 0.124. The van der Waals surface area contributed by atoms with Crippen molar-refractivity contribution >= 4 is 6.09 Å². The van der Waals surface area contributed by atoms with E-state index in [9.17, 15) is 4.79 Å². The van der Waals surface area contributed by atoms with Crippen molar-refractivity contribution in [2.75, 3.05) is 119 Å². The fraction of sp³-hybridized carbons (Fsp3) is 0.880. The summed E-state index contributed by atoms with van der Waals surface area (Å²) in [6.45, 7) is 17.6. The first-order valence-corrected chi connectivity index (χ1v) is 12.5. The van der Waals surface area contributed by atoms with Crippen molar-refractivity contribution < 1.29 is 47.4 Å². The second-order valence-electron chi connectivity index (χ2n) is 8.55. The van der Waals surface area contributed by atoms with E-state index in [0.717, 1.165) is 0 Å². The van der Waals surface area contributed by atoms with Gasteiger partial charge in [0.15, 0.2) is 0 Å². The molecule has 0 atom stereocenters. The molecule has 0 bridgehead atoms. The van der Waals surface area contributed by atoms with Crippen molar-refractivity contribution in [3.05, 3.63) is 12.7 Å². The molecule has 0 aromatic heterocycles. The summed E-state index contributed by atoms with van der Waals surface area (Å²) in [4.78, 5) is 13.3. The lowest BCUT2D eigenvalue weighted by Gasteiger charge is -2.24. The van der Waals surface area contributed by atoms with E-state index in [1.807, 2.05) is 20.8 Å². The molecule has 0 aromatic carbocycles. The molecular weight excluding hydrogens is 474 g/mol. The number of amides is 1. The van der Waals surface area contributed by atoms with Crippen LogP contribution in [0, 0.1) is 0 Å². The summed E-state index contributed by atoms with van der Waals surface area (Å²) in [5.74, 6) is 0. The van der Waals surface area contributed by atoms with Crippen LogP contribution in [0.5, 0.6) is 0 Å². The molecular formula is C25H49NO10. The van der Waals surface area contributed by atoms with Gasteiger partial charge >= 0.3 is 6.09 Å². The lowest BCUT2D eigenvalue weighted by Crippen LogP contribution is -2.36. The molecule has 11 heteroatoms. The summed E-state index contributed by atoms with van der Waals surface area (Å²) in [7, 11) is 1.68. The van der Waals surface area contributed by atoms with E-state index in [2.05, 4.69) is 6.58 Å². The summed E-state index contributed by atoms with van der Waals surface area (Å²) in [5, 5.41) is 0. The van der Waals surface area contributed by atoms with E-state index in [1.165, 1.54) is 4.90 Å². The highest BCUT2D eigenvalue weighted by Gasteiger charge is 2.19. The van der Waals surface area contributed by atoms with Crippen LogP contribution in [0.4, 0.5) is 4.79 Å². The molecule has 0 rings (SSSR count). The fourth-order valence-electron chi connectivity index (χ4n) is 2.34. The van der Waals surface area contributed by atoms with Gasteiger partial charge in [-0.05, 0) is 20.8 Å². The summed E-state index contributed by atoms with van der Waals surface area (Å²) >= 11 is 0. The lowest BCUT2D eigenvalue weighted by atomic mass is 10.2. The predicted octanol–water partition coefficient (Wildman–Crippen LogP) is 2.17. The molecule has 0 fully saturated rings. The highest BCUT2D eigenvalue weighted by molar-refractivity contribution is 5.67. The van der Waals surface area contributed by atoms with Crippen molar-refractivity contribution in [3.8, 4) is 0 Å². The van der Waals surface area contributed by atoms with E-state index >= 15 is 0 Å². The lowest BCUT2D eigenvalue weighted by molar-refractivity contribution is -0.0231. The SMILES string of the molecule is C=CCOCCOCCOCCOCCOCCOCCOCCOCCN(C)C(=O)OC(C)(C)C. The van der Waals surface area contributed by atoms with Crippen molar-refractivity contribution in [1.82, 2.24) is 4.90 Å². The Morgan fingerprint density at radius 3 is 1.22 bits per heavy atom. The van der Waals surface area contributed by atoms with Gasteiger partial charge < -0.3 is 47.5 Å². The second-order valence-corrected chi connectivity index (χ2v) is 8.55. The fourth-order valence-corrected chi connectivity index (χ4v) is 2.34. The molecule has 0 aliphatic rings. The largest absolute Gasteiger partial charge is 0.444 e. The van der Waals surface area contributed by atoms with Crippen molar-refractivity contribution in [1.29, 1.82) is 0 Å². The summed E-state index contributed by atoms with van der Waals surface area (Å²) in [6, 6.07) is 0. The Hall–Kier alpha value is -1.31. The average Bonchev–Trinajstić information content (AvgIpc) is 2.82. The van der Waals surface area contributed by atoms with E-state index in [4.69, 9.17) is 42.6 Å². The zero-order valence-electron chi connectivity index (χ0n) is 22.8. The highest BCUT2D eigenvalue weighted by atomic mass is 16.6. The molecule has 0 radical (unpaired) electrons. The van der Waals surface area contributed by atoms with Crippen molar-refractivity contribution in [2.24, 2.45) is 0 Å². The van der Waals surface area contributed by atoms with Gasteiger partial charge in [-0.3, -0.25) is 0 Å². The average molecular weight is 524 g/mol. The molecule has 0 heterocycles. The topological polar surface area (TPSA) is 103 Å². The van der Waals surface area contributed by atoms with Crippen LogP contribution in [0.15, 0.2) is 12.7 Å². The minimum absolute atomic E-state index is 0.360. The molecule has 0 aliphatic heterocycles. The number of hydrogen-bond acceptors (Lipinski definition) is 10. The van der Waals surface area contributed by atoms with Gasteiger partial charge in [-0.15, -0.1) is 6.58 Å². The second kappa shape index (κ2) is 25.3. The smallest absolute Gasteiger partial charge is 0.410 e. The molecule has 11 nitrogen and oxygen atoms in total. The number of likely N-dealkylation sites (N-methyl/N-ethyl adjacent to an activating group) is 1. The number of carbonyl (C=O) groups excluding carboxylic acids is 1. The Bertz CT molecular complexity index is 502. The van der Waals surface area contributed by atoms with Gasteiger partial charge in [-0.1, -0.05) is 6.08 Å². The third-order valence-corrected chi connectivity index (χ3v) is 4.12. The highest BCUT2D eigenvalue weighted by Crippen LogP contribution is 2.08. The first kappa shape index (κ1) is 34.7. The molecule has 1 amide bonds. The van der Waals surface area contributed by atoms with Gasteiger partial charge in [-0.25, -0.2) is 4.79 Å². The predicted molar refractivity (Wildman–Crippen MR) is 136 cm³/mol. The maximum atomic E-state index is 11.8. The number of rotatable bonds is 26. The van der Waals surface area contributed by atoms with E-state index in [1.54, 1.807) is 13.1 Å². The Morgan fingerprint density at radius 2 is 0.917 bits per heavy atom. The first-order valence-electron chi connectivity index (χ1n) is 12.5. The van der Waals surface area contributed by atoms with Crippen LogP contribution in [-0.2, 0) is 42.6 Å². The summed E-state index contributed by atoms with van der Waals surface area (Å²) < 4.78 is 48.5. The Balaban J connectivity index is 3.18. The summed E-state index contributed by atoms with van der Waals surface area (Å²) in [5.41, 5.74) is -0.503. The monoisotopic (exact) mass is 523 g/mol. The van der Waals surface area contributed by atoms with Crippen LogP contribution in [0.1, 0.15) is 20.8 Å². The Morgan fingerprint density at radius 1 is 0.611 bits per heavy atom. The van der Waals surface area contributed by atoms with Crippen molar-refractivity contribution in [2.45, 2.75) is 26.4 Å². The standard InChI is InChI=1S/C25H49NO10/c1-6-8-28-10-12-30-14-16-32-18-20-34-22-23-35-21-19-33-17-15-31-13-11-29-9-7-26(5)24(27)36-25(2,3)4/h6H,1,7-23H2,2-5H3. The zero-order chi connectivity index (χ0) is 26.7. The first-order chi connectivity index (χ1) is 17.4. The molecule has 0 saturated heterocycles. The van der Waals surface area contributed by atoms with Gasteiger partial charge in [0.05, 0.1) is 106 Å². The third kappa shape index (κ3) is 27.3. The van der Waals surface area contributed by atoms with E-state index in [-0.39, 0.29) is 6.09 Å². The molecule has 0 spiro atoms. The number of nitrogens with zero attached hydrogens (tertiary/aromatic N) is 1. The van der Waals surface area contributed by atoms with Crippen LogP contribution in [0.3, 0.4) is 0 Å². The van der Waals surface area contributed by atoms with Gasteiger partial charge in [0.2, 0.25) is 0 Å². The molecule has 36 heavy (non-hydrogen) atoms. The van der Waals surface area contributed by atoms with Crippen LogP contribution < -0.4 is 0 Å². The zero-order valence-corrected chi connectivity index (χ0v) is 22.8. The Kier molecular flexibility index (Phi) is 24.4. The molecule has 0 aromatic rings. The van der Waals surface area contributed by atoms with Crippen molar-refractivity contribution in [3.63, 3.8) is 0 Å². The van der Waals surface area contributed by atoms with Crippen LogP contribution in [-0.4, -0.2) is 136 Å². The van der Waals surface area contributed by atoms with Crippen LogP contribution in [0.25, 0.3) is 0 Å². The van der Waals surface area contributed by atoms with Gasteiger partial charge in [0.25, 0.3) is 0 Å². The molecule has 214 valence electrons. The maximum absolute atomic E-state index is 11.8. The molecule has 0 saturated carbocycles. The number of carbonyl (C=O) groups is 1. The minimum atomic E-state index is -0.503. The van der Waals surface area contributed by atoms with Gasteiger partial charge in [0, 0.05) is 13.6 Å². The van der Waals surface area contributed by atoms with Crippen LogP contribution >= 0.6 is 0 Å². The summed E-state index contributed by atoms with van der Waals surface area (Å²) in [6.07, 6.45) is 1.35. The third-order valence-electron chi connectivity index (χ3n) is 4.12. The maximum Gasteiger partial charge on any atom is 0.410 e. The van der Waals surface area contributed by atoms with E-state index < -0.39 is 5.60 Å².